The van der Waals surface area contributed by atoms with Crippen LogP contribution in [0.25, 0.3) is 34.0 Å². The zero-order valence-electron chi connectivity index (χ0n) is 37.2. The Morgan fingerprint density at radius 1 is 0.714 bits per heavy atom. The number of H-pyrrole nitrogens is 2. The highest BCUT2D eigenvalue weighted by Crippen LogP contribution is 2.38. The topological polar surface area (TPSA) is 126 Å². The van der Waals surface area contributed by atoms with Crippen molar-refractivity contribution in [2.75, 3.05) is 26.3 Å². The van der Waals surface area contributed by atoms with Crippen molar-refractivity contribution >= 4 is 52.0 Å². The second-order valence-electron chi connectivity index (χ2n) is 17.1. The van der Waals surface area contributed by atoms with Gasteiger partial charge in [0.05, 0.1) is 19.3 Å². The molecule has 0 saturated carbocycles. The van der Waals surface area contributed by atoms with E-state index in [1.54, 1.807) is 13.0 Å². The van der Waals surface area contributed by atoms with E-state index in [4.69, 9.17) is 14.2 Å². The third kappa shape index (κ3) is 11.6. The molecule has 4 aromatic carbocycles. The fourth-order valence-electron chi connectivity index (χ4n) is 8.70. The maximum Gasteiger partial charge on any atom is 0.410 e. The van der Waals surface area contributed by atoms with Crippen molar-refractivity contribution in [2.45, 2.75) is 90.8 Å². The summed E-state index contributed by atoms with van der Waals surface area (Å²) in [5.74, 6) is -0.640. The molecule has 10 heteroatoms. The number of carbonyl (C=O) groups is 3. The van der Waals surface area contributed by atoms with E-state index in [2.05, 4.69) is 88.2 Å². The number of nitrogens with zero attached hydrogens (tertiary/aromatic N) is 1. The van der Waals surface area contributed by atoms with Gasteiger partial charge in [-0.1, -0.05) is 72.8 Å². The first kappa shape index (κ1) is 44.7. The summed E-state index contributed by atoms with van der Waals surface area (Å²) in [4.78, 5) is 45.0. The Bertz CT molecular complexity index is 2590. The third-order valence-corrected chi connectivity index (χ3v) is 11.6. The molecule has 0 fully saturated rings. The number of aromatic nitrogens is 2. The molecule has 2 heterocycles. The van der Waals surface area contributed by atoms with Gasteiger partial charge in [0.15, 0.2) is 0 Å². The smallest absolute Gasteiger partial charge is 0.410 e. The summed E-state index contributed by atoms with van der Waals surface area (Å²) in [5.41, 5.74) is 11.4. The number of fused-ring (bicyclic) bond motifs is 4. The number of para-hydroxylation sites is 2. The first-order valence-corrected chi connectivity index (χ1v) is 22.3. The number of aryl methyl sites for hydroxylation is 2. The first-order valence-electron chi connectivity index (χ1n) is 22.3. The molecule has 2 unspecified atom stereocenters. The lowest BCUT2D eigenvalue weighted by molar-refractivity contribution is -0.138. The predicted octanol–water partition coefficient (Wildman–Crippen LogP) is 10.8. The highest BCUT2D eigenvalue weighted by atomic mass is 16.6. The lowest BCUT2D eigenvalue weighted by Gasteiger charge is -2.32. The largest absolute Gasteiger partial charge is 0.463 e. The van der Waals surface area contributed by atoms with Crippen LogP contribution in [0, 0.1) is 0 Å². The maximum atomic E-state index is 13.3. The van der Waals surface area contributed by atoms with Gasteiger partial charge in [0.25, 0.3) is 0 Å². The van der Waals surface area contributed by atoms with Crippen LogP contribution in [0.2, 0.25) is 0 Å². The van der Waals surface area contributed by atoms with Crippen LogP contribution in [-0.2, 0) is 49.5 Å². The highest BCUT2D eigenvalue weighted by molar-refractivity contribution is 5.88. The molecule has 0 saturated heterocycles. The molecule has 328 valence electrons. The number of hydrogen-bond donors (Lipinski definition) is 3. The minimum atomic E-state index is -0.570. The van der Waals surface area contributed by atoms with Crippen molar-refractivity contribution in [3.05, 3.63) is 154 Å². The Morgan fingerprint density at radius 3 is 1.84 bits per heavy atom. The summed E-state index contributed by atoms with van der Waals surface area (Å²) in [6.07, 6.45) is 16.1. The third-order valence-electron chi connectivity index (χ3n) is 11.6. The molecular formula is C53H60N4O6. The molecule has 0 radical (unpaired) electrons. The number of carbonyl (C=O) groups excluding carboxylic acids is 3. The summed E-state index contributed by atoms with van der Waals surface area (Å²) in [6, 6.07) is 29.6. The molecular weight excluding hydrogens is 789 g/mol. The van der Waals surface area contributed by atoms with E-state index in [9.17, 15) is 14.4 Å². The van der Waals surface area contributed by atoms with Gasteiger partial charge in [-0.3, -0.25) is 0 Å². The quantitative estimate of drug-likeness (QED) is 0.0566. The molecule has 0 bridgehead atoms. The van der Waals surface area contributed by atoms with E-state index in [0.717, 1.165) is 67.3 Å². The normalized spacial score (nSPS) is 15.6. The minimum absolute atomic E-state index is 0.0480. The highest BCUT2D eigenvalue weighted by Gasteiger charge is 2.34. The van der Waals surface area contributed by atoms with Gasteiger partial charge < -0.3 is 34.4 Å². The Labute approximate surface area is 370 Å². The molecule has 0 spiro atoms. The molecule has 0 aliphatic heterocycles. The van der Waals surface area contributed by atoms with Crippen molar-refractivity contribution < 1.29 is 28.6 Å². The van der Waals surface area contributed by atoms with Gasteiger partial charge in [-0.2, -0.15) is 0 Å². The van der Waals surface area contributed by atoms with E-state index in [0.29, 0.717) is 25.8 Å². The fraction of sp³-hybridized carbons (Fsp3) is 0.340. The number of nitrogens with one attached hydrogen (secondary N) is 3. The fourth-order valence-corrected chi connectivity index (χ4v) is 8.70. The number of benzene rings is 4. The van der Waals surface area contributed by atoms with E-state index >= 15 is 0 Å². The van der Waals surface area contributed by atoms with E-state index < -0.39 is 5.60 Å². The van der Waals surface area contributed by atoms with Crippen molar-refractivity contribution in [2.24, 2.45) is 0 Å². The first-order chi connectivity index (χ1) is 30.5. The minimum Gasteiger partial charge on any atom is -0.463 e. The van der Waals surface area contributed by atoms with Crippen molar-refractivity contribution in [1.82, 2.24) is 20.2 Å². The van der Waals surface area contributed by atoms with Crippen LogP contribution in [0.3, 0.4) is 0 Å². The van der Waals surface area contributed by atoms with Crippen molar-refractivity contribution in [3.8, 4) is 0 Å². The number of ether oxygens (including phenoxy) is 3. The monoisotopic (exact) mass is 848 g/mol. The second-order valence-corrected chi connectivity index (χ2v) is 17.1. The van der Waals surface area contributed by atoms with Gasteiger partial charge in [0.2, 0.25) is 0 Å². The molecule has 10 nitrogen and oxygen atoms in total. The van der Waals surface area contributed by atoms with E-state index in [1.807, 2.05) is 63.1 Å². The average Bonchev–Trinajstić information content (AvgIpc) is 4.08. The van der Waals surface area contributed by atoms with Gasteiger partial charge in [0.1, 0.15) is 5.60 Å². The van der Waals surface area contributed by atoms with Gasteiger partial charge >= 0.3 is 18.0 Å². The van der Waals surface area contributed by atoms with Crippen LogP contribution < -0.4 is 5.32 Å². The average molecular weight is 849 g/mol. The number of rotatable bonds is 14. The standard InChI is InChI=1S/C29H34N2O4.C24H26N2O2/c1-5-34-27(32)15-11-20-10-13-24-21(18-20)12-14-26(24)31(28(33)35-29(2,3)4)17-16-22-19-30-25-9-7-6-8-23(22)25;1-2-28-24(27)12-8-17-7-10-21-18(15-17)9-11-23(21)25-14-13-19-16-26-22-6-4-3-5-20(19)22/h6-11,13,15,18-19,26,30H,5,12,14,16-17H2,1-4H3;3-8,10,12,15-16,23,25-26H,2,9,11,13-14H2,1H3/b15-11+;12-8+. The molecule has 63 heavy (non-hydrogen) atoms. The van der Waals surface area contributed by atoms with E-state index in [-0.39, 0.29) is 24.1 Å². The van der Waals surface area contributed by atoms with Crippen LogP contribution in [0.4, 0.5) is 4.79 Å². The van der Waals surface area contributed by atoms with Gasteiger partial charge in [-0.05, 0) is 148 Å². The molecule has 2 aliphatic carbocycles. The molecule has 6 aromatic rings. The Hall–Kier alpha value is -6.39. The van der Waals surface area contributed by atoms with Crippen LogP contribution in [0.5, 0.6) is 0 Å². The van der Waals surface area contributed by atoms with Gasteiger partial charge in [-0.15, -0.1) is 0 Å². The van der Waals surface area contributed by atoms with Crippen LogP contribution in [0.15, 0.2) is 109 Å². The second kappa shape index (κ2) is 20.7. The molecule has 2 atom stereocenters. The SMILES string of the molecule is CCOC(=O)/C=C/c1ccc2c(c1)CCC2N(CCc1c[nH]c2ccccc12)C(=O)OC(C)(C)C.CCOC(=O)/C=C/c1ccc2c(c1)CCC2NCCc1c[nH]c2ccccc12. The summed E-state index contributed by atoms with van der Waals surface area (Å²) in [6.45, 7) is 11.6. The molecule has 2 aliphatic rings. The van der Waals surface area contributed by atoms with Crippen molar-refractivity contribution in [3.63, 3.8) is 0 Å². The number of esters is 2. The summed E-state index contributed by atoms with van der Waals surface area (Å²) in [7, 11) is 0. The van der Waals surface area contributed by atoms with Crippen molar-refractivity contribution in [1.29, 1.82) is 0 Å². The Kier molecular flexibility index (Phi) is 14.6. The lowest BCUT2D eigenvalue weighted by atomic mass is 10.0. The number of hydrogen-bond acceptors (Lipinski definition) is 7. The number of aromatic amines is 2. The molecule has 8 rings (SSSR count). The van der Waals surface area contributed by atoms with Gasteiger partial charge in [0, 0.05) is 58.9 Å². The number of amides is 1. The Balaban J connectivity index is 0.000000193. The zero-order valence-corrected chi connectivity index (χ0v) is 37.2. The molecule has 1 amide bonds. The predicted molar refractivity (Wildman–Crippen MR) is 251 cm³/mol. The summed E-state index contributed by atoms with van der Waals surface area (Å²) < 4.78 is 15.7. The molecule has 3 N–H and O–H groups in total. The summed E-state index contributed by atoms with van der Waals surface area (Å²) >= 11 is 0. The zero-order chi connectivity index (χ0) is 44.3. The lowest BCUT2D eigenvalue weighted by Crippen LogP contribution is -2.40. The maximum absolute atomic E-state index is 13.3. The van der Waals surface area contributed by atoms with Gasteiger partial charge in [-0.25, -0.2) is 14.4 Å². The summed E-state index contributed by atoms with van der Waals surface area (Å²) in [5, 5.41) is 6.22. The van der Waals surface area contributed by atoms with Crippen LogP contribution in [-0.4, -0.2) is 64.8 Å². The van der Waals surface area contributed by atoms with Crippen LogP contribution >= 0.6 is 0 Å². The van der Waals surface area contributed by atoms with Crippen LogP contribution in [0.1, 0.15) is 104 Å². The Morgan fingerprint density at radius 2 is 1.25 bits per heavy atom. The molecule has 2 aromatic heterocycles. The van der Waals surface area contributed by atoms with E-state index in [1.165, 1.54) is 56.3 Å².